The maximum absolute atomic E-state index is 11.3. The average molecular weight is 250 g/mol. The van der Waals surface area contributed by atoms with Crippen LogP contribution in [0.25, 0.3) is 0 Å². The van der Waals surface area contributed by atoms with E-state index in [-0.39, 0.29) is 5.97 Å². The Morgan fingerprint density at radius 2 is 2.00 bits per heavy atom. The summed E-state index contributed by atoms with van der Waals surface area (Å²) in [6.07, 6.45) is 0. The SMILES string of the molecule is COC(=O)c1ccc(CNN2CCOCC2)cc1. The molecule has 0 aromatic heterocycles. The Bertz CT molecular complexity index is 386. The van der Waals surface area contributed by atoms with Crippen LogP contribution in [0, 0.1) is 0 Å². The summed E-state index contributed by atoms with van der Waals surface area (Å²) in [5.74, 6) is -0.303. The van der Waals surface area contributed by atoms with Gasteiger partial charge in [-0.3, -0.25) is 5.43 Å². The molecule has 1 aliphatic rings. The van der Waals surface area contributed by atoms with Gasteiger partial charge in [0, 0.05) is 19.6 Å². The minimum absolute atomic E-state index is 0.303. The normalized spacial score (nSPS) is 16.5. The molecule has 1 fully saturated rings. The van der Waals surface area contributed by atoms with Crippen LogP contribution in [0.5, 0.6) is 0 Å². The van der Waals surface area contributed by atoms with Crippen molar-refractivity contribution in [3.8, 4) is 0 Å². The van der Waals surface area contributed by atoms with Gasteiger partial charge in [0.2, 0.25) is 0 Å². The lowest BCUT2D eigenvalue weighted by Crippen LogP contribution is -2.45. The van der Waals surface area contributed by atoms with E-state index in [4.69, 9.17) is 4.74 Å². The molecule has 1 N–H and O–H groups in total. The second-order valence-corrected chi connectivity index (χ2v) is 4.12. The molecule has 98 valence electrons. The minimum Gasteiger partial charge on any atom is -0.465 e. The molecule has 5 heteroatoms. The molecule has 1 aromatic rings. The van der Waals surface area contributed by atoms with Crippen LogP contribution in [0.3, 0.4) is 0 Å². The van der Waals surface area contributed by atoms with Crippen molar-refractivity contribution in [2.75, 3.05) is 33.4 Å². The smallest absolute Gasteiger partial charge is 0.337 e. The Kier molecular flexibility index (Phi) is 4.69. The van der Waals surface area contributed by atoms with E-state index in [0.29, 0.717) is 5.56 Å². The molecule has 1 aromatic carbocycles. The van der Waals surface area contributed by atoms with Crippen LogP contribution in [0.15, 0.2) is 24.3 Å². The highest BCUT2D eigenvalue weighted by Crippen LogP contribution is 2.06. The molecular weight excluding hydrogens is 232 g/mol. The standard InChI is InChI=1S/C13H18N2O3/c1-17-13(16)12-4-2-11(3-5-12)10-14-15-6-8-18-9-7-15/h2-5,14H,6-10H2,1H3. The molecule has 1 heterocycles. The third-order valence-corrected chi connectivity index (χ3v) is 2.89. The summed E-state index contributed by atoms with van der Waals surface area (Å²) in [6, 6.07) is 7.42. The molecule has 0 radical (unpaired) electrons. The van der Waals surface area contributed by atoms with Gasteiger partial charge in [0.1, 0.15) is 0 Å². The largest absolute Gasteiger partial charge is 0.465 e. The van der Waals surface area contributed by atoms with Gasteiger partial charge >= 0.3 is 5.97 Å². The van der Waals surface area contributed by atoms with Gasteiger partial charge in [0.05, 0.1) is 25.9 Å². The van der Waals surface area contributed by atoms with Gasteiger partial charge < -0.3 is 9.47 Å². The lowest BCUT2D eigenvalue weighted by molar-refractivity contribution is 0.0105. The lowest BCUT2D eigenvalue weighted by Gasteiger charge is -2.27. The summed E-state index contributed by atoms with van der Waals surface area (Å²) in [7, 11) is 1.39. The van der Waals surface area contributed by atoms with Crippen molar-refractivity contribution in [3.05, 3.63) is 35.4 Å². The van der Waals surface area contributed by atoms with Gasteiger partial charge in [-0.1, -0.05) is 12.1 Å². The van der Waals surface area contributed by atoms with Gasteiger partial charge in [-0.05, 0) is 17.7 Å². The maximum Gasteiger partial charge on any atom is 0.337 e. The molecule has 0 bridgehead atoms. The second-order valence-electron chi connectivity index (χ2n) is 4.12. The summed E-state index contributed by atoms with van der Waals surface area (Å²) >= 11 is 0. The van der Waals surface area contributed by atoms with Crippen molar-refractivity contribution in [1.82, 2.24) is 10.4 Å². The molecule has 2 rings (SSSR count). The predicted octanol–water partition coefficient (Wildman–Crippen LogP) is 0.810. The first kappa shape index (κ1) is 13.0. The summed E-state index contributed by atoms with van der Waals surface area (Å²) in [6.45, 7) is 4.10. The van der Waals surface area contributed by atoms with E-state index < -0.39 is 0 Å². The summed E-state index contributed by atoms with van der Waals surface area (Å²) in [4.78, 5) is 11.3. The van der Waals surface area contributed by atoms with Crippen LogP contribution < -0.4 is 5.43 Å². The zero-order chi connectivity index (χ0) is 12.8. The van der Waals surface area contributed by atoms with Crippen LogP contribution in [-0.4, -0.2) is 44.4 Å². The van der Waals surface area contributed by atoms with Crippen molar-refractivity contribution < 1.29 is 14.3 Å². The Hall–Kier alpha value is -1.43. The summed E-state index contributed by atoms with van der Waals surface area (Å²) < 4.78 is 9.93. The quantitative estimate of drug-likeness (QED) is 0.801. The number of ether oxygens (including phenoxy) is 2. The molecule has 0 amide bonds. The Balaban J connectivity index is 1.84. The van der Waals surface area contributed by atoms with Crippen LogP contribution in [-0.2, 0) is 16.0 Å². The number of benzene rings is 1. The number of methoxy groups -OCH3 is 1. The molecule has 18 heavy (non-hydrogen) atoms. The lowest BCUT2D eigenvalue weighted by atomic mass is 10.1. The first-order valence-corrected chi connectivity index (χ1v) is 6.03. The fourth-order valence-electron chi connectivity index (χ4n) is 1.80. The third-order valence-electron chi connectivity index (χ3n) is 2.89. The molecule has 5 nitrogen and oxygen atoms in total. The minimum atomic E-state index is -0.303. The molecular formula is C13H18N2O3. The van der Waals surface area contributed by atoms with Gasteiger partial charge in [0.25, 0.3) is 0 Å². The molecule has 0 atom stereocenters. The summed E-state index contributed by atoms with van der Waals surface area (Å²) in [5.41, 5.74) is 5.05. The van der Waals surface area contributed by atoms with Gasteiger partial charge in [-0.25, -0.2) is 9.80 Å². The zero-order valence-electron chi connectivity index (χ0n) is 10.5. The first-order chi connectivity index (χ1) is 8.79. The van der Waals surface area contributed by atoms with E-state index in [9.17, 15) is 4.79 Å². The van der Waals surface area contributed by atoms with Crippen molar-refractivity contribution >= 4 is 5.97 Å². The number of nitrogens with one attached hydrogen (secondary N) is 1. The average Bonchev–Trinajstić information content (AvgIpc) is 2.46. The number of carbonyl (C=O) groups is 1. The van der Waals surface area contributed by atoms with E-state index in [1.807, 2.05) is 12.1 Å². The Labute approximate surface area is 107 Å². The monoisotopic (exact) mass is 250 g/mol. The third kappa shape index (κ3) is 3.53. The second kappa shape index (κ2) is 6.49. The number of nitrogens with zero attached hydrogens (tertiary/aromatic N) is 1. The fourth-order valence-corrected chi connectivity index (χ4v) is 1.80. The molecule has 1 saturated heterocycles. The summed E-state index contributed by atoms with van der Waals surface area (Å²) in [5, 5.41) is 2.15. The zero-order valence-corrected chi connectivity index (χ0v) is 10.5. The number of hydrogen-bond donors (Lipinski definition) is 1. The molecule has 0 spiro atoms. The Morgan fingerprint density at radius 3 is 2.61 bits per heavy atom. The number of rotatable bonds is 4. The molecule has 1 aliphatic heterocycles. The number of hydrazine groups is 1. The highest BCUT2D eigenvalue weighted by molar-refractivity contribution is 5.89. The van der Waals surface area contributed by atoms with Crippen molar-refractivity contribution in [3.63, 3.8) is 0 Å². The van der Waals surface area contributed by atoms with Crippen molar-refractivity contribution in [1.29, 1.82) is 0 Å². The van der Waals surface area contributed by atoms with Gasteiger partial charge in [-0.15, -0.1) is 0 Å². The number of esters is 1. The van der Waals surface area contributed by atoms with Gasteiger partial charge in [0.15, 0.2) is 0 Å². The topological polar surface area (TPSA) is 50.8 Å². The van der Waals surface area contributed by atoms with Crippen LogP contribution >= 0.6 is 0 Å². The molecule has 0 aliphatic carbocycles. The highest BCUT2D eigenvalue weighted by atomic mass is 16.5. The van der Waals surface area contributed by atoms with E-state index in [2.05, 4.69) is 15.2 Å². The van der Waals surface area contributed by atoms with Gasteiger partial charge in [-0.2, -0.15) is 0 Å². The van der Waals surface area contributed by atoms with Crippen molar-refractivity contribution in [2.24, 2.45) is 0 Å². The number of hydrogen-bond acceptors (Lipinski definition) is 5. The van der Waals surface area contributed by atoms with E-state index >= 15 is 0 Å². The van der Waals surface area contributed by atoms with E-state index in [1.165, 1.54) is 7.11 Å². The van der Waals surface area contributed by atoms with E-state index in [1.54, 1.807) is 12.1 Å². The first-order valence-electron chi connectivity index (χ1n) is 6.03. The number of morpholine rings is 1. The van der Waals surface area contributed by atoms with E-state index in [0.717, 1.165) is 38.4 Å². The van der Waals surface area contributed by atoms with Crippen LogP contribution in [0.2, 0.25) is 0 Å². The molecule has 0 unspecified atom stereocenters. The van der Waals surface area contributed by atoms with Crippen molar-refractivity contribution in [2.45, 2.75) is 6.54 Å². The maximum atomic E-state index is 11.3. The highest BCUT2D eigenvalue weighted by Gasteiger charge is 2.09. The Morgan fingerprint density at radius 1 is 1.33 bits per heavy atom. The van der Waals surface area contributed by atoms with Crippen LogP contribution in [0.4, 0.5) is 0 Å². The fraction of sp³-hybridized carbons (Fsp3) is 0.462. The molecule has 0 saturated carbocycles. The van der Waals surface area contributed by atoms with Crippen LogP contribution in [0.1, 0.15) is 15.9 Å². The predicted molar refractivity (Wildman–Crippen MR) is 67.0 cm³/mol. The number of carbonyl (C=O) groups excluding carboxylic acids is 1.